The number of halogens is 1. The lowest BCUT2D eigenvalue weighted by Gasteiger charge is -2.21. The summed E-state index contributed by atoms with van der Waals surface area (Å²) in [5.74, 6) is -0.197. The minimum atomic E-state index is -0.452. The molecule has 2 saturated heterocycles. The predicted octanol–water partition coefficient (Wildman–Crippen LogP) is 1.99. The van der Waals surface area contributed by atoms with Crippen LogP contribution in [0.1, 0.15) is 24.8 Å². The first-order valence-corrected chi connectivity index (χ1v) is 8.72. The molecule has 2 fully saturated rings. The van der Waals surface area contributed by atoms with Crippen LogP contribution < -0.4 is 10.1 Å². The molecule has 1 N–H and O–H groups in total. The van der Waals surface area contributed by atoms with Crippen LogP contribution in [0.4, 0.5) is 9.18 Å². The monoisotopic (exact) mass is 349 g/mol. The van der Waals surface area contributed by atoms with Crippen molar-refractivity contribution in [3.8, 4) is 5.75 Å². The number of amides is 3. The third-order valence-electron chi connectivity index (χ3n) is 4.90. The zero-order chi connectivity index (χ0) is 17.8. The molecule has 2 heterocycles. The number of ether oxygens (including phenoxy) is 1. The molecule has 0 bridgehead atoms. The molecule has 2 aliphatic heterocycles. The third kappa shape index (κ3) is 4.03. The van der Waals surface area contributed by atoms with E-state index < -0.39 is 5.82 Å². The minimum absolute atomic E-state index is 0.0951. The number of carbonyl (C=O) groups excluding carboxylic acids is 2. The van der Waals surface area contributed by atoms with Gasteiger partial charge in [-0.15, -0.1) is 0 Å². The van der Waals surface area contributed by atoms with Crippen molar-refractivity contribution in [1.29, 1.82) is 0 Å². The first kappa shape index (κ1) is 17.5. The van der Waals surface area contributed by atoms with Crippen LogP contribution in [0.15, 0.2) is 18.2 Å². The second-order valence-electron chi connectivity index (χ2n) is 6.59. The molecule has 3 amide bonds. The molecular weight excluding hydrogens is 325 g/mol. The fraction of sp³-hybridized carbons (Fsp3) is 0.556. The van der Waals surface area contributed by atoms with E-state index in [1.807, 2.05) is 4.90 Å². The molecule has 1 aromatic rings. The molecule has 3 rings (SSSR count). The Morgan fingerprint density at radius 3 is 2.68 bits per heavy atom. The molecule has 0 aromatic heterocycles. The summed E-state index contributed by atoms with van der Waals surface area (Å²) in [7, 11) is 1.41. The Morgan fingerprint density at radius 1 is 1.24 bits per heavy atom. The largest absolute Gasteiger partial charge is 0.494 e. The van der Waals surface area contributed by atoms with Gasteiger partial charge in [0.25, 0.3) is 0 Å². The fourth-order valence-corrected chi connectivity index (χ4v) is 3.45. The number of nitrogens with zero attached hydrogens (tertiary/aromatic N) is 2. The number of likely N-dealkylation sites (tertiary alicyclic amines) is 2. The summed E-state index contributed by atoms with van der Waals surface area (Å²) >= 11 is 0. The van der Waals surface area contributed by atoms with Crippen molar-refractivity contribution < 1.29 is 18.7 Å². The zero-order valence-electron chi connectivity index (χ0n) is 14.5. The SMILES string of the molecule is COc1ccc(CNC(=O)N2CCC(C(=O)N3CCCC3)C2)cc1F. The van der Waals surface area contributed by atoms with E-state index in [9.17, 15) is 14.0 Å². The number of nitrogens with one attached hydrogen (secondary N) is 1. The summed E-state index contributed by atoms with van der Waals surface area (Å²) in [5.41, 5.74) is 0.663. The summed E-state index contributed by atoms with van der Waals surface area (Å²) < 4.78 is 18.6. The lowest BCUT2D eigenvalue weighted by atomic mass is 10.1. The summed E-state index contributed by atoms with van der Waals surface area (Å²) in [6.45, 7) is 2.95. The van der Waals surface area contributed by atoms with Crippen LogP contribution in [-0.2, 0) is 11.3 Å². The number of methoxy groups -OCH3 is 1. The van der Waals surface area contributed by atoms with Gasteiger partial charge in [0.2, 0.25) is 5.91 Å². The summed E-state index contributed by atoms with van der Waals surface area (Å²) in [6.07, 6.45) is 2.85. The fourth-order valence-electron chi connectivity index (χ4n) is 3.45. The van der Waals surface area contributed by atoms with Crippen molar-refractivity contribution in [1.82, 2.24) is 15.1 Å². The molecule has 0 aliphatic carbocycles. The van der Waals surface area contributed by atoms with Crippen molar-refractivity contribution in [2.24, 2.45) is 5.92 Å². The maximum absolute atomic E-state index is 13.7. The topological polar surface area (TPSA) is 61.9 Å². The van der Waals surface area contributed by atoms with E-state index in [0.717, 1.165) is 25.9 Å². The smallest absolute Gasteiger partial charge is 0.317 e. The Balaban J connectivity index is 1.49. The van der Waals surface area contributed by atoms with E-state index in [1.54, 1.807) is 11.0 Å². The van der Waals surface area contributed by atoms with Crippen molar-refractivity contribution >= 4 is 11.9 Å². The van der Waals surface area contributed by atoms with E-state index in [4.69, 9.17) is 4.74 Å². The Labute approximate surface area is 146 Å². The standard InChI is InChI=1S/C18H24FN3O3/c1-25-16-5-4-13(10-15(16)19)11-20-18(24)22-9-6-14(12-22)17(23)21-7-2-3-8-21/h4-5,10,14H,2-3,6-9,11-12H2,1H3,(H,20,24). The molecular formula is C18H24FN3O3. The summed E-state index contributed by atoms with van der Waals surface area (Å²) in [6, 6.07) is 4.39. The van der Waals surface area contributed by atoms with E-state index >= 15 is 0 Å². The Bertz CT molecular complexity index is 646. The molecule has 0 radical (unpaired) electrons. The molecule has 6 nitrogen and oxygen atoms in total. The lowest BCUT2D eigenvalue weighted by Crippen LogP contribution is -2.40. The van der Waals surface area contributed by atoms with Crippen LogP contribution in [0.3, 0.4) is 0 Å². The second-order valence-corrected chi connectivity index (χ2v) is 6.59. The molecule has 0 saturated carbocycles. The van der Waals surface area contributed by atoms with Crippen LogP contribution in [0.5, 0.6) is 5.75 Å². The number of rotatable bonds is 4. The maximum Gasteiger partial charge on any atom is 0.317 e. The van der Waals surface area contributed by atoms with E-state index in [1.165, 1.54) is 19.2 Å². The van der Waals surface area contributed by atoms with Gasteiger partial charge in [-0.1, -0.05) is 6.07 Å². The number of urea groups is 1. The van der Waals surface area contributed by atoms with Gasteiger partial charge in [-0.25, -0.2) is 9.18 Å². The first-order valence-electron chi connectivity index (χ1n) is 8.72. The average molecular weight is 349 g/mol. The van der Waals surface area contributed by atoms with Gasteiger partial charge in [0.15, 0.2) is 11.6 Å². The van der Waals surface area contributed by atoms with Crippen molar-refractivity contribution in [2.45, 2.75) is 25.8 Å². The summed E-state index contributed by atoms with van der Waals surface area (Å²) in [5, 5.41) is 2.79. The third-order valence-corrected chi connectivity index (χ3v) is 4.90. The quantitative estimate of drug-likeness (QED) is 0.904. The Morgan fingerprint density at radius 2 is 2.00 bits per heavy atom. The summed E-state index contributed by atoms with van der Waals surface area (Å²) in [4.78, 5) is 28.3. The Hall–Kier alpha value is -2.31. The van der Waals surface area contributed by atoms with Gasteiger partial charge in [-0.3, -0.25) is 4.79 Å². The molecule has 7 heteroatoms. The highest BCUT2D eigenvalue weighted by Gasteiger charge is 2.34. The first-order chi connectivity index (χ1) is 12.1. The van der Waals surface area contributed by atoms with Gasteiger partial charge < -0.3 is 19.9 Å². The normalized spacial score (nSPS) is 20.0. The van der Waals surface area contributed by atoms with E-state index in [0.29, 0.717) is 25.1 Å². The van der Waals surface area contributed by atoms with Gasteiger partial charge in [-0.2, -0.15) is 0 Å². The number of hydrogen-bond acceptors (Lipinski definition) is 3. The second kappa shape index (κ2) is 7.72. The van der Waals surface area contributed by atoms with Crippen molar-refractivity contribution in [3.63, 3.8) is 0 Å². The molecule has 25 heavy (non-hydrogen) atoms. The highest BCUT2D eigenvalue weighted by atomic mass is 19.1. The molecule has 1 aromatic carbocycles. The van der Waals surface area contributed by atoms with Crippen LogP contribution in [0, 0.1) is 11.7 Å². The maximum atomic E-state index is 13.7. The van der Waals surface area contributed by atoms with Gasteiger partial charge in [0.05, 0.1) is 13.0 Å². The Kier molecular flexibility index (Phi) is 5.40. The highest BCUT2D eigenvalue weighted by molar-refractivity contribution is 5.81. The van der Waals surface area contributed by atoms with Gasteiger partial charge in [-0.05, 0) is 37.0 Å². The average Bonchev–Trinajstić information content (AvgIpc) is 3.30. The molecule has 136 valence electrons. The van der Waals surface area contributed by atoms with Crippen LogP contribution in [0.25, 0.3) is 0 Å². The van der Waals surface area contributed by atoms with Crippen LogP contribution in [-0.4, -0.2) is 55.0 Å². The zero-order valence-corrected chi connectivity index (χ0v) is 14.5. The van der Waals surface area contributed by atoms with Crippen molar-refractivity contribution in [3.05, 3.63) is 29.6 Å². The minimum Gasteiger partial charge on any atom is -0.494 e. The van der Waals surface area contributed by atoms with Gasteiger partial charge >= 0.3 is 6.03 Å². The molecule has 2 aliphatic rings. The highest BCUT2D eigenvalue weighted by Crippen LogP contribution is 2.22. The number of hydrogen-bond donors (Lipinski definition) is 1. The predicted molar refractivity (Wildman–Crippen MR) is 90.7 cm³/mol. The molecule has 1 atom stereocenters. The van der Waals surface area contributed by atoms with Gasteiger partial charge in [0.1, 0.15) is 0 Å². The lowest BCUT2D eigenvalue weighted by molar-refractivity contribution is -0.133. The number of benzene rings is 1. The molecule has 0 spiro atoms. The van der Waals surface area contributed by atoms with E-state index in [-0.39, 0.29) is 30.2 Å². The van der Waals surface area contributed by atoms with Gasteiger partial charge in [0, 0.05) is 32.7 Å². The van der Waals surface area contributed by atoms with Crippen LogP contribution >= 0.6 is 0 Å². The number of carbonyl (C=O) groups is 2. The molecule has 1 unspecified atom stereocenters. The van der Waals surface area contributed by atoms with E-state index in [2.05, 4.69) is 5.32 Å². The van der Waals surface area contributed by atoms with Crippen molar-refractivity contribution in [2.75, 3.05) is 33.3 Å². The van der Waals surface area contributed by atoms with Crippen LogP contribution in [0.2, 0.25) is 0 Å².